The van der Waals surface area contributed by atoms with Crippen molar-refractivity contribution < 1.29 is 0 Å². The maximum atomic E-state index is 6.70. The molecule has 224 valence electrons. The van der Waals surface area contributed by atoms with Gasteiger partial charge in [-0.2, -0.15) is 0 Å². The SMILES string of the molecule is C/C=C\c1c(N)c2ccccc2n1-c1cccc(C2=CC(c3ccc4ccc5cccc6ccc3c4c56)=CC(c3ccccn3)N2)c1. The molecule has 3 N–H and O–H groups in total. The third-order valence-electron chi connectivity index (χ3n) is 9.50. The largest absolute Gasteiger partial charge is 0.396 e. The molecule has 1 aliphatic heterocycles. The summed E-state index contributed by atoms with van der Waals surface area (Å²) in [6.07, 6.45) is 10.6. The van der Waals surface area contributed by atoms with Crippen LogP contribution in [0.15, 0.2) is 146 Å². The first kappa shape index (κ1) is 27.2. The quantitative estimate of drug-likeness (QED) is 0.192. The van der Waals surface area contributed by atoms with Gasteiger partial charge in [-0.15, -0.1) is 0 Å². The van der Waals surface area contributed by atoms with Crippen molar-refractivity contribution >= 4 is 66.3 Å². The van der Waals surface area contributed by atoms with Crippen LogP contribution in [0, 0.1) is 0 Å². The van der Waals surface area contributed by atoms with Gasteiger partial charge in [0, 0.05) is 23.0 Å². The van der Waals surface area contributed by atoms with E-state index in [1.165, 1.54) is 43.5 Å². The van der Waals surface area contributed by atoms with Gasteiger partial charge in [0.05, 0.1) is 28.6 Å². The molecule has 1 aliphatic rings. The van der Waals surface area contributed by atoms with Gasteiger partial charge in [0.1, 0.15) is 0 Å². The Morgan fingerprint density at radius 3 is 2.34 bits per heavy atom. The van der Waals surface area contributed by atoms with E-state index < -0.39 is 0 Å². The Morgan fingerprint density at radius 1 is 0.745 bits per heavy atom. The summed E-state index contributed by atoms with van der Waals surface area (Å²) in [5, 5.41) is 12.6. The Morgan fingerprint density at radius 2 is 1.51 bits per heavy atom. The number of dihydropyridines is 1. The number of aromatic nitrogens is 2. The summed E-state index contributed by atoms with van der Waals surface area (Å²) in [5.41, 5.74) is 16.1. The number of para-hydroxylation sites is 1. The van der Waals surface area contributed by atoms with Crippen LogP contribution < -0.4 is 11.1 Å². The normalized spacial score (nSPS) is 15.1. The molecule has 2 aromatic heterocycles. The summed E-state index contributed by atoms with van der Waals surface area (Å²) < 4.78 is 2.26. The van der Waals surface area contributed by atoms with Crippen LogP contribution >= 0.6 is 0 Å². The fourth-order valence-electron chi connectivity index (χ4n) is 7.37. The minimum atomic E-state index is -0.102. The molecular weight excluding hydrogens is 573 g/mol. The average molecular weight is 605 g/mol. The summed E-state index contributed by atoms with van der Waals surface area (Å²) in [7, 11) is 0. The lowest BCUT2D eigenvalue weighted by molar-refractivity contribution is 0.739. The predicted octanol–water partition coefficient (Wildman–Crippen LogP) is 10.3. The molecule has 1 atom stereocenters. The molecule has 6 aromatic carbocycles. The first-order valence-electron chi connectivity index (χ1n) is 16.1. The lowest BCUT2D eigenvalue weighted by Gasteiger charge is -2.26. The molecule has 4 nitrogen and oxygen atoms in total. The first-order valence-corrected chi connectivity index (χ1v) is 16.1. The van der Waals surface area contributed by atoms with E-state index in [-0.39, 0.29) is 6.04 Å². The molecule has 0 spiro atoms. The van der Waals surface area contributed by atoms with E-state index in [1.807, 2.05) is 31.3 Å². The fourth-order valence-corrected chi connectivity index (χ4v) is 7.37. The Bertz CT molecular complexity index is 2550. The highest BCUT2D eigenvalue weighted by atomic mass is 15.0. The number of nitrogens with zero attached hydrogens (tertiary/aromatic N) is 2. The highest BCUT2D eigenvalue weighted by Crippen LogP contribution is 2.41. The zero-order chi connectivity index (χ0) is 31.5. The molecule has 0 amide bonds. The van der Waals surface area contributed by atoms with Crippen molar-refractivity contribution in [2.75, 3.05) is 5.73 Å². The average Bonchev–Trinajstić information content (AvgIpc) is 3.41. The fraction of sp³-hybridized carbons (Fsp3) is 0.0465. The number of hydrogen-bond donors (Lipinski definition) is 2. The topological polar surface area (TPSA) is 55.9 Å². The van der Waals surface area contributed by atoms with Crippen molar-refractivity contribution in [3.05, 3.63) is 168 Å². The van der Waals surface area contributed by atoms with Gasteiger partial charge in [-0.3, -0.25) is 4.98 Å². The second-order valence-electron chi connectivity index (χ2n) is 12.2. The van der Waals surface area contributed by atoms with Gasteiger partial charge in [0.25, 0.3) is 0 Å². The number of benzene rings is 6. The number of fused-ring (bicyclic) bond motifs is 1. The summed E-state index contributed by atoms with van der Waals surface area (Å²) in [4.78, 5) is 4.76. The first-order chi connectivity index (χ1) is 23.2. The number of pyridine rings is 1. The molecule has 47 heavy (non-hydrogen) atoms. The maximum Gasteiger partial charge on any atom is 0.0879 e. The standard InChI is InChI=1S/C43H32N4/c1-2-9-40-43(44)35-14-3-4-16-39(35)47(40)32-13-8-12-30(24-32)37-25-31(26-38(46-37)36-15-5-6-23-45-36)33-21-19-29-18-17-27-10-7-11-28-20-22-34(33)42(29)41(27)28/h2-26,38,46H,44H2,1H3/b9-2-. The van der Waals surface area contributed by atoms with Crippen LogP contribution in [0.4, 0.5) is 5.69 Å². The summed E-state index contributed by atoms with van der Waals surface area (Å²) in [6, 6.07) is 43.2. The van der Waals surface area contributed by atoms with Gasteiger partial charge >= 0.3 is 0 Å². The van der Waals surface area contributed by atoms with Gasteiger partial charge in [-0.25, -0.2) is 0 Å². The molecule has 8 aromatic rings. The van der Waals surface area contributed by atoms with Crippen LogP contribution in [0.1, 0.15) is 35.5 Å². The molecule has 0 radical (unpaired) electrons. The van der Waals surface area contributed by atoms with Crippen LogP contribution in [0.2, 0.25) is 0 Å². The van der Waals surface area contributed by atoms with Crippen molar-refractivity contribution in [1.82, 2.24) is 14.9 Å². The Balaban J connectivity index is 1.24. The van der Waals surface area contributed by atoms with Gasteiger partial charge in [-0.05, 0) is 105 Å². The van der Waals surface area contributed by atoms with Gasteiger partial charge in [0.15, 0.2) is 0 Å². The summed E-state index contributed by atoms with van der Waals surface area (Å²) in [5.74, 6) is 0. The van der Waals surface area contributed by atoms with Crippen LogP contribution in [0.5, 0.6) is 0 Å². The number of hydrogen-bond acceptors (Lipinski definition) is 3. The molecule has 3 heterocycles. The van der Waals surface area contributed by atoms with Gasteiger partial charge in [0.2, 0.25) is 0 Å². The van der Waals surface area contributed by atoms with E-state index in [0.717, 1.165) is 44.9 Å². The Labute approximate surface area is 273 Å². The highest BCUT2D eigenvalue weighted by molar-refractivity contribution is 6.24. The van der Waals surface area contributed by atoms with Crippen molar-refractivity contribution in [2.45, 2.75) is 13.0 Å². The van der Waals surface area contributed by atoms with Crippen LogP contribution in [-0.4, -0.2) is 9.55 Å². The monoisotopic (exact) mass is 604 g/mol. The molecule has 0 aliphatic carbocycles. The smallest absolute Gasteiger partial charge is 0.0879 e. The number of allylic oxidation sites excluding steroid dienone is 3. The van der Waals surface area contributed by atoms with Crippen molar-refractivity contribution in [3.8, 4) is 5.69 Å². The van der Waals surface area contributed by atoms with E-state index in [0.29, 0.717) is 0 Å². The van der Waals surface area contributed by atoms with E-state index in [1.54, 1.807) is 0 Å². The predicted molar refractivity (Wildman–Crippen MR) is 199 cm³/mol. The zero-order valence-corrected chi connectivity index (χ0v) is 26.0. The van der Waals surface area contributed by atoms with Crippen LogP contribution in [-0.2, 0) is 0 Å². The lowest BCUT2D eigenvalue weighted by atomic mass is 9.87. The van der Waals surface area contributed by atoms with E-state index in [9.17, 15) is 0 Å². The number of rotatable bonds is 5. The molecule has 1 unspecified atom stereocenters. The number of anilines is 1. The van der Waals surface area contributed by atoms with Crippen molar-refractivity contribution in [2.24, 2.45) is 0 Å². The minimum Gasteiger partial charge on any atom is -0.396 e. The highest BCUT2D eigenvalue weighted by Gasteiger charge is 2.22. The minimum absolute atomic E-state index is 0.102. The van der Waals surface area contributed by atoms with Crippen molar-refractivity contribution in [1.29, 1.82) is 0 Å². The number of nitrogen functional groups attached to an aromatic ring is 1. The molecule has 4 heteroatoms. The maximum absolute atomic E-state index is 6.70. The number of nitrogens with two attached hydrogens (primary N) is 1. The van der Waals surface area contributed by atoms with E-state index >= 15 is 0 Å². The van der Waals surface area contributed by atoms with Crippen LogP contribution in [0.25, 0.3) is 66.3 Å². The second kappa shape index (κ2) is 10.7. The molecule has 0 bridgehead atoms. The number of nitrogens with one attached hydrogen (secondary N) is 1. The molecular formula is C43H32N4. The molecule has 0 saturated carbocycles. The van der Waals surface area contributed by atoms with Gasteiger partial charge in [-0.1, -0.05) is 97.1 Å². The van der Waals surface area contributed by atoms with Crippen molar-refractivity contribution in [3.63, 3.8) is 0 Å². The van der Waals surface area contributed by atoms with E-state index in [4.69, 9.17) is 10.7 Å². The van der Waals surface area contributed by atoms with E-state index in [2.05, 4.69) is 137 Å². The summed E-state index contributed by atoms with van der Waals surface area (Å²) in [6.45, 7) is 2.03. The summed E-state index contributed by atoms with van der Waals surface area (Å²) >= 11 is 0. The lowest BCUT2D eigenvalue weighted by Crippen LogP contribution is -2.22. The van der Waals surface area contributed by atoms with Gasteiger partial charge < -0.3 is 15.6 Å². The Hall–Kier alpha value is -6.13. The molecule has 0 fully saturated rings. The molecule has 0 saturated heterocycles. The zero-order valence-electron chi connectivity index (χ0n) is 26.0. The third-order valence-corrected chi connectivity index (χ3v) is 9.50. The Kier molecular flexibility index (Phi) is 6.22. The third kappa shape index (κ3) is 4.33. The van der Waals surface area contributed by atoms with Crippen LogP contribution in [0.3, 0.4) is 0 Å². The second-order valence-corrected chi connectivity index (χ2v) is 12.2. The molecule has 9 rings (SSSR count).